The van der Waals surface area contributed by atoms with Crippen molar-refractivity contribution in [3.8, 4) is 16.9 Å². The summed E-state index contributed by atoms with van der Waals surface area (Å²) < 4.78 is 11.4. The van der Waals surface area contributed by atoms with Gasteiger partial charge in [-0.15, -0.1) is 0 Å². The normalized spacial score (nSPS) is 11.7. The van der Waals surface area contributed by atoms with Crippen molar-refractivity contribution in [1.29, 1.82) is 0 Å². The maximum absolute atomic E-state index is 12.9. The van der Waals surface area contributed by atoms with Gasteiger partial charge in [0.15, 0.2) is 5.43 Å². The Balaban J connectivity index is 1.94. The second kappa shape index (κ2) is 7.36. The summed E-state index contributed by atoms with van der Waals surface area (Å²) in [5.74, 6) is 0.733. The van der Waals surface area contributed by atoms with E-state index in [1.807, 2.05) is 18.2 Å². The molecule has 0 fully saturated rings. The van der Waals surface area contributed by atoms with Gasteiger partial charge in [-0.2, -0.15) is 0 Å². The average molecular weight is 350 g/mol. The molecule has 0 radical (unpaired) electrons. The van der Waals surface area contributed by atoms with Crippen LogP contribution in [0.25, 0.3) is 22.1 Å². The molecule has 0 aliphatic rings. The topological polar surface area (TPSA) is 39.4 Å². The van der Waals surface area contributed by atoms with Crippen LogP contribution in [0.3, 0.4) is 0 Å². The van der Waals surface area contributed by atoms with Crippen LogP contribution in [0.15, 0.2) is 57.9 Å². The van der Waals surface area contributed by atoms with Gasteiger partial charge in [0.05, 0.1) is 17.6 Å². The van der Waals surface area contributed by atoms with E-state index >= 15 is 0 Å². The third kappa shape index (κ3) is 3.82. The van der Waals surface area contributed by atoms with E-state index in [4.69, 9.17) is 9.15 Å². The van der Waals surface area contributed by atoms with Gasteiger partial charge in [-0.05, 0) is 35.1 Å². The lowest BCUT2D eigenvalue weighted by Crippen LogP contribution is -2.11. The Morgan fingerprint density at radius 2 is 1.77 bits per heavy atom. The van der Waals surface area contributed by atoms with Crippen molar-refractivity contribution in [1.82, 2.24) is 0 Å². The fraction of sp³-hybridized carbons (Fsp3) is 0.348. The summed E-state index contributed by atoms with van der Waals surface area (Å²) in [7, 11) is 0. The Hall–Kier alpha value is -2.55. The molecule has 136 valence electrons. The van der Waals surface area contributed by atoms with Crippen LogP contribution in [0.2, 0.25) is 0 Å². The summed E-state index contributed by atoms with van der Waals surface area (Å²) in [6.45, 7) is 9.31. The van der Waals surface area contributed by atoms with Gasteiger partial charge in [-0.3, -0.25) is 4.79 Å². The summed E-state index contributed by atoms with van der Waals surface area (Å²) in [5.41, 5.74) is 3.31. The maximum atomic E-state index is 12.9. The molecule has 0 unspecified atom stereocenters. The van der Waals surface area contributed by atoms with E-state index in [1.54, 1.807) is 18.4 Å². The fourth-order valence-corrected chi connectivity index (χ4v) is 2.88. The van der Waals surface area contributed by atoms with Crippen molar-refractivity contribution in [2.45, 2.75) is 46.0 Å². The molecule has 26 heavy (non-hydrogen) atoms. The third-order valence-electron chi connectivity index (χ3n) is 4.57. The first kappa shape index (κ1) is 18.2. The van der Waals surface area contributed by atoms with Crippen molar-refractivity contribution >= 4 is 11.0 Å². The molecule has 0 aliphatic heterocycles. The van der Waals surface area contributed by atoms with Gasteiger partial charge in [0.1, 0.15) is 17.6 Å². The van der Waals surface area contributed by atoms with E-state index < -0.39 is 0 Å². The van der Waals surface area contributed by atoms with Crippen LogP contribution >= 0.6 is 0 Å². The Labute approximate surface area is 154 Å². The molecule has 2 aromatic carbocycles. The smallest absolute Gasteiger partial charge is 0.200 e. The Morgan fingerprint density at radius 1 is 1.04 bits per heavy atom. The number of hydrogen-bond acceptors (Lipinski definition) is 3. The van der Waals surface area contributed by atoms with Crippen LogP contribution in [0.5, 0.6) is 5.75 Å². The lowest BCUT2D eigenvalue weighted by Gasteiger charge is -2.19. The van der Waals surface area contributed by atoms with Gasteiger partial charge in [0.2, 0.25) is 0 Å². The van der Waals surface area contributed by atoms with Crippen molar-refractivity contribution in [3.63, 3.8) is 0 Å². The van der Waals surface area contributed by atoms with Gasteiger partial charge < -0.3 is 9.15 Å². The van der Waals surface area contributed by atoms with Crippen LogP contribution in [0, 0.1) is 0 Å². The molecule has 0 spiro atoms. The highest BCUT2D eigenvalue weighted by molar-refractivity contribution is 5.82. The van der Waals surface area contributed by atoms with Crippen LogP contribution < -0.4 is 10.2 Å². The van der Waals surface area contributed by atoms with Crippen LogP contribution in [0.1, 0.15) is 46.1 Å². The first-order chi connectivity index (χ1) is 12.4. The lowest BCUT2D eigenvalue weighted by atomic mass is 9.86. The van der Waals surface area contributed by atoms with Crippen LogP contribution in [-0.4, -0.2) is 6.61 Å². The van der Waals surface area contributed by atoms with Crippen molar-refractivity contribution in [3.05, 3.63) is 64.5 Å². The maximum Gasteiger partial charge on any atom is 0.200 e. The molecule has 0 atom stereocenters. The molecule has 3 heteroatoms. The molecule has 0 saturated carbocycles. The zero-order valence-corrected chi connectivity index (χ0v) is 16.0. The van der Waals surface area contributed by atoms with E-state index in [0.717, 1.165) is 24.2 Å². The number of ether oxygens (including phenoxy) is 1. The predicted molar refractivity (Wildman–Crippen MR) is 107 cm³/mol. The summed E-state index contributed by atoms with van der Waals surface area (Å²) in [4.78, 5) is 12.9. The molecule has 3 rings (SSSR count). The minimum Gasteiger partial charge on any atom is -0.493 e. The Kier molecular flexibility index (Phi) is 5.17. The highest BCUT2D eigenvalue weighted by atomic mass is 16.5. The fourth-order valence-electron chi connectivity index (χ4n) is 2.88. The largest absolute Gasteiger partial charge is 0.493 e. The molecule has 0 N–H and O–H groups in total. The minimum atomic E-state index is -0.0186. The zero-order chi connectivity index (χ0) is 18.7. The van der Waals surface area contributed by atoms with Gasteiger partial charge in [-0.25, -0.2) is 0 Å². The van der Waals surface area contributed by atoms with E-state index in [9.17, 15) is 4.79 Å². The number of benzene rings is 2. The minimum absolute atomic E-state index is 0.0186. The van der Waals surface area contributed by atoms with Crippen LogP contribution in [-0.2, 0) is 5.41 Å². The van der Waals surface area contributed by atoms with Crippen molar-refractivity contribution in [2.24, 2.45) is 0 Å². The van der Waals surface area contributed by atoms with Gasteiger partial charge in [0, 0.05) is 6.07 Å². The van der Waals surface area contributed by atoms with E-state index in [2.05, 4.69) is 39.8 Å². The SMILES string of the molecule is CCCCOc1ccc2c(=O)c(-c3ccc(C(C)(C)C)cc3)coc2c1. The first-order valence-corrected chi connectivity index (χ1v) is 9.19. The highest BCUT2D eigenvalue weighted by Crippen LogP contribution is 2.27. The van der Waals surface area contributed by atoms with Gasteiger partial charge in [0.25, 0.3) is 0 Å². The summed E-state index contributed by atoms with van der Waals surface area (Å²) in [6.07, 6.45) is 3.64. The molecular formula is C23H26O3. The number of rotatable bonds is 5. The molecule has 0 aliphatic carbocycles. The molecule has 3 nitrogen and oxygen atoms in total. The molecule has 3 aromatic rings. The molecular weight excluding hydrogens is 324 g/mol. The number of unbranched alkanes of at least 4 members (excludes halogenated alkanes) is 1. The second-order valence-corrected chi connectivity index (χ2v) is 7.67. The lowest BCUT2D eigenvalue weighted by molar-refractivity contribution is 0.309. The molecule has 0 saturated heterocycles. The third-order valence-corrected chi connectivity index (χ3v) is 4.57. The quantitative estimate of drug-likeness (QED) is 0.535. The molecule has 1 heterocycles. The number of fused-ring (bicyclic) bond motifs is 1. The van der Waals surface area contributed by atoms with E-state index in [-0.39, 0.29) is 10.8 Å². The first-order valence-electron chi connectivity index (χ1n) is 9.19. The summed E-state index contributed by atoms with van der Waals surface area (Å²) in [6, 6.07) is 13.5. The molecule has 1 aromatic heterocycles. The highest BCUT2D eigenvalue weighted by Gasteiger charge is 2.15. The summed E-state index contributed by atoms with van der Waals surface area (Å²) in [5, 5.41) is 0.574. The molecule has 0 bridgehead atoms. The van der Waals surface area contributed by atoms with Crippen molar-refractivity contribution in [2.75, 3.05) is 6.61 Å². The standard InChI is InChI=1S/C23H26O3/c1-5-6-13-25-18-11-12-19-21(14-18)26-15-20(22(19)24)16-7-9-17(10-8-16)23(2,3)4/h7-12,14-15H,5-6,13H2,1-4H3. The van der Waals surface area contributed by atoms with E-state index in [1.165, 1.54) is 5.56 Å². The second-order valence-electron chi connectivity index (χ2n) is 7.67. The Bertz CT molecular complexity index is 944. The Morgan fingerprint density at radius 3 is 2.42 bits per heavy atom. The monoisotopic (exact) mass is 350 g/mol. The van der Waals surface area contributed by atoms with Crippen LogP contribution in [0.4, 0.5) is 0 Å². The number of hydrogen-bond donors (Lipinski definition) is 0. The van der Waals surface area contributed by atoms with Crippen molar-refractivity contribution < 1.29 is 9.15 Å². The average Bonchev–Trinajstić information content (AvgIpc) is 2.62. The molecule has 0 amide bonds. The zero-order valence-electron chi connectivity index (χ0n) is 16.0. The summed E-state index contributed by atoms with van der Waals surface area (Å²) >= 11 is 0. The predicted octanol–water partition coefficient (Wildman–Crippen LogP) is 5.94. The van der Waals surface area contributed by atoms with E-state index in [0.29, 0.717) is 23.1 Å². The van der Waals surface area contributed by atoms with Gasteiger partial charge >= 0.3 is 0 Å². The van der Waals surface area contributed by atoms with Gasteiger partial charge in [-0.1, -0.05) is 58.4 Å².